The number of hydrogen-bond acceptors (Lipinski definition) is 3. The van der Waals surface area contributed by atoms with Gasteiger partial charge in [-0.15, -0.1) is 0 Å². The number of amides is 1. The second-order valence-corrected chi connectivity index (χ2v) is 9.19. The van der Waals surface area contributed by atoms with Gasteiger partial charge in [0.25, 0.3) is 0 Å². The van der Waals surface area contributed by atoms with Crippen LogP contribution in [0.15, 0.2) is 66.7 Å². The number of nitrogens with zero attached hydrogens (tertiary/aromatic N) is 1. The fraction of sp³-hybridized carbons (Fsp3) is 0.259. The normalized spacial score (nSPS) is 21.0. The van der Waals surface area contributed by atoms with Gasteiger partial charge in [-0.05, 0) is 65.8 Å². The molecule has 1 saturated carbocycles. The van der Waals surface area contributed by atoms with Crippen molar-refractivity contribution in [3.63, 3.8) is 0 Å². The van der Waals surface area contributed by atoms with E-state index in [1.807, 2.05) is 35.2 Å². The molecule has 1 fully saturated rings. The monoisotopic (exact) mass is 479 g/mol. The lowest BCUT2D eigenvalue weighted by Gasteiger charge is -2.38. The standard InChI is InChI=1S/C27H23ClFNO4/c28-18-8-9-24(34-15-25(31)32)23(13-18)26-20-7-2-1-4-16(20)10-11-30(26)27(33)22-14-21(22)17-5-3-6-19(29)12-17/h1-9,12-13,21-22,26H,10-11,14-15H2,(H,31,32)/t21-,22+,26-/m0/s1. The maximum Gasteiger partial charge on any atom is 0.341 e. The van der Waals surface area contributed by atoms with Crippen molar-refractivity contribution in [2.45, 2.75) is 24.8 Å². The topological polar surface area (TPSA) is 66.8 Å². The molecule has 0 spiro atoms. The highest BCUT2D eigenvalue weighted by Crippen LogP contribution is 2.51. The molecule has 3 aromatic carbocycles. The molecule has 0 radical (unpaired) electrons. The van der Waals surface area contributed by atoms with Gasteiger partial charge < -0.3 is 14.7 Å². The number of carboxylic acids is 1. The zero-order valence-electron chi connectivity index (χ0n) is 18.3. The van der Waals surface area contributed by atoms with Crippen molar-refractivity contribution in [2.75, 3.05) is 13.2 Å². The van der Waals surface area contributed by atoms with Gasteiger partial charge in [0.1, 0.15) is 11.6 Å². The smallest absolute Gasteiger partial charge is 0.341 e. The summed E-state index contributed by atoms with van der Waals surface area (Å²) in [6, 6.07) is 18.9. The molecule has 7 heteroatoms. The van der Waals surface area contributed by atoms with Crippen LogP contribution in [-0.4, -0.2) is 35.0 Å². The summed E-state index contributed by atoms with van der Waals surface area (Å²) in [7, 11) is 0. The number of ether oxygens (including phenoxy) is 1. The minimum atomic E-state index is -1.09. The van der Waals surface area contributed by atoms with Crippen molar-refractivity contribution in [3.8, 4) is 5.75 Å². The Hall–Kier alpha value is -3.38. The Bertz CT molecular complexity index is 1260. The number of benzene rings is 3. The van der Waals surface area contributed by atoms with E-state index in [2.05, 4.69) is 0 Å². The van der Waals surface area contributed by atoms with Gasteiger partial charge in [-0.2, -0.15) is 0 Å². The molecule has 1 aliphatic carbocycles. The molecule has 34 heavy (non-hydrogen) atoms. The second kappa shape index (κ2) is 9.11. The number of halogens is 2. The molecule has 3 aromatic rings. The molecule has 2 aliphatic rings. The molecule has 0 saturated heterocycles. The summed E-state index contributed by atoms with van der Waals surface area (Å²) in [5, 5.41) is 9.59. The van der Waals surface area contributed by atoms with Crippen LogP contribution in [0, 0.1) is 11.7 Å². The number of fused-ring (bicyclic) bond motifs is 1. The minimum absolute atomic E-state index is 0.00192. The van der Waals surface area contributed by atoms with Crippen LogP contribution >= 0.6 is 11.6 Å². The van der Waals surface area contributed by atoms with Crippen molar-refractivity contribution >= 4 is 23.5 Å². The summed E-state index contributed by atoms with van der Waals surface area (Å²) in [5.41, 5.74) is 3.57. The Morgan fingerprint density at radius 3 is 2.68 bits per heavy atom. The first-order valence-corrected chi connectivity index (χ1v) is 11.6. The fourth-order valence-corrected chi connectivity index (χ4v) is 5.11. The zero-order valence-corrected chi connectivity index (χ0v) is 19.0. The van der Waals surface area contributed by atoms with Crippen molar-refractivity contribution in [2.24, 2.45) is 5.92 Å². The van der Waals surface area contributed by atoms with E-state index in [1.165, 1.54) is 12.1 Å². The molecular weight excluding hydrogens is 457 g/mol. The Labute approximate surface area is 201 Å². The van der Waals surface area contributed by atoms with E-state index in [4.69, 9.17) is 21.4 Å². The SMILES string of the molecule is O=C(O)COc1ccc(Cl)cc1[C@@H]1c2ccccc2CCN1C(=O)[C@@H]1C[C@H]1c1cccc(F)c1. The largest absolute Gasteiger partial charge is 0.482 e. The lowest BCUT2D eigenvalue weighted by molar-refractivity contribution is -0.139. The highest BCUT2D eigenvalue weighted by Gasteiger charge is 2.48. The van der Waals surface area contributed by atoms with Crippen molar-refractivity contribution in [1.29, 1.82) is 0 Å². The van der Waals surface area contributed by atoms with Gasteiger partial charge in [-0.1, -0.05) is 48.0 Å². The predicted molar refractivity (Wildman–Crippen MR) is 126 cm³/mol. The second-order valence-electron chi connectivity index (χ2n) is 8.75. The van der Waals surface area contributed by atoms with E-state index in [0.717, 1.165) is 16.7 Å². The van der Waals surface area contributed by atoms with Gasteiger partial charge in [0.2, 0.25) is 5.91 Å². The highest BCUT2D eigenvalue weighted by atomic mass is 35.5. The summed E-state index contributed by atoms with van der Waals surface area (Å²) in [5.74, 6) is -1.25. The molecule has 3 atom stereocenters. The first-order valence-electron chi connectivity index (χ1n) is 11.2. The number of carboxylic acid groups (broad SMARTS) is 1. The van der Waals surface area contributed by atoms with Crippen LogP contribution in [-0.2, 0) is 16.0 Å². The Kier molecular flexibility index (Phi) is 6.00. The predicted octanol–water partition coefficient (Wildman–Crippen LogP) is 5.22. The van der Waals surface area contributed by atoms with Gasteiger partial charge in [-0.3, -0.25) is 4.79 Å². The van der Waals surface area contributed by atoms with Crippen LogP contribution in [0.4, 0.5) is 4.39 Å². The third-order valence-corrected chi connectivity index (χ3v) is 6.80. The van der Waals surface area contributed by atoms with Gasteiger partial charge in [0.05, 0.1) is 6.04 Å². The van der Waals surface area contributed by atoms with E-state index >= 15 is 0 Å². The number of carbonyl (C=O) groups excluding carboxylic acids is 1. The zero-order chi connectivity index (χ0) is 23.8. The molecule has 1 amide bonds. The average molecular weight is 480 g/mol. The van der Waals surface area contributed by atoms with E-state index < -0.39 is 18.6 Å². The molecule has 5 rings (SSSR count). The van der Waals surface area contributed by atoms with Crippen LogP contribution in [0.5, 0.6) is 5.75 Å². The van der Waals surface area contributed by atoms with Gasteiger partial charge in [0, 0.05) is 23.0 Å². The van der Waals surface area contributed by atoms with Gasteiger partial charge >= 0.3 is 5.97 Å². The molecule has 0 bridgehead atoms. The van der Waals surface area contributed by atoms with Crippen molar-refractivity contribution in [3.05, 3.63) is 99.8 Å². The lowest BCUT2D eigenvalue weighted by Crippen LogP contribution is -2.41. The molecule has 1 N–H and O–H groups in total. The number of aliphatic carboxylic acids is 1. The first kappa shape index (κ1) is 22.4. The van der Waals surface area contributed by atoms with Crippen LogP contribution in [0.3, 0.4) is 0 Å². The summed E-state index contributed by atoms with van der Waals surface area (Å²) >= 11 is 6.34. The van der Waals surface area contributed by atoms with Crippen LogP contribution in [0.1, 0.15) is 40.6 Å². The Morgan fingerprint density at radius 1 is 1.06 bits per heavy atom. The highest BCUT2D eigenvalue weighted by molar-refractivity contribution is 6.30. The lowest BCUT2D eigenvalue weighted by atomic mass is 9.87. The Morgan fingerprint density at radius 2 is 1.88 bits per heavy atom. The van der Waals surface area contributed by atoms with Gasteiger partial charge in [0.15, 0.2) is 6.61 Å². The summed E-state index contributed by atoms with van der Waals surface area (Å²) in [4.78, 5) is 26.7. The van der Waals surface area contributed by atoms with Crippen LogP contribution in [0.2, 0.25) is 5.02 Å². The molecule has 174 valence electrons. The minimum Gasteiger partial charge on any atom is -0.482 e. The van der Waals surface area contributed by atoms with Crippen molar-refractivity contribution in [1.82, 2.24) is 4.90 Å². The third-order valence-electron chi connectivity index (χ3n) is 6.57. The first-order chi connectivity index (χ1) is 16.4. The fourth-order valence-electron chi connectivity index (χ4n) is 4.93. The number of carbonyl (C=O) groups is 2. The van der Waals surface area contributed by atoms with Crippen LogP contribution < -0.4 is 4.74 Å². The Balaban J connectivity index is 1.52. The number of hydrogen-bond donors (Lipinski definition) is 1. The number of rotatable bonds is 6. The van der Waals surface area contributed by atoms with Gasteiger partial charge in [-0.25, -0.2) is 9.18 Å². The molecule has 1 heterocycles. The van der Waals surface area contributed by atoms with Crippen molar-refractivity contribution < 1.29 is 23.8 Å². The van der Waals surface area contributed by atoms with E-state index in [0.29, 0.717) is 35.7 Å². The molecule has 5 nitrogen and oxygen atoms in total. The summed E-state index contributed by atoms with van der Waals surface area (Å²) in [6.45, 7) is 0.0129. The van der Waals surface area contributed by atoms with E-state index in [1.54, 1.807) is 24.3 Å². The molecule has 0 aromatic heterocycles. The average Bonchev–Trinajstić information content (AvgIpc) is 3.63. The van der Waals surface area contributed by atoms with E-state index in [-0.39, 0.29) is 23.6 Å². The third kappa shape index (κ3) is 4.38. The van der Waals surface area contributed by atoms with E-state index in [9.17, 15) is 14.0 Å². The van der Waals surface area contributed by atoms with Crippen LogP contribution in [0.25, 0.3) is 0 Å². The maximum atomic E-state index is 13.7. The quantitative estimate of drug-likeness (QED) is 0.526. The summed E-state index contributed by atoms with van der Waals surface area (Å²) in [6.07, 6.45) is 1.38. The summed E-state index contributed by atoms with van der Waals surface area (Å²) < 4.78 is 19.3. The molecule has 1 aliphatic heterocycles. The molecule has 0 unspecified atom stereocenters. The maximum absolute atomic E-state index is 13.7. The molecular formula is C27H23ClFNO4.